The zero-order valence-electron chi connectivity index (χ0n) is 13.6. The number of carboxylic acid groups (broad SMARTS) is 1. The van der Waals surface area contributed by atoms with Gasteiger partial charge in [0.15, 0.2) is 11.5 Å². The molecule has 0 aliphatic carbocycles. The smallest absolute Gasteiger partial charge is 0.371 e. The molecule has 0 atom stereocenters. The molecular formula is C17H14N2O7. The van der Waals surface area contributed by atoms with Crippen molar-refractivity contribution in [3.05, 3.63) is 53.1 Å². The number of ether oxygens (including phenoxy) is 2. The molecule has 0 saturated carbocycles. The van der Waals surface area contributed by atoms with Crippen molar-refractivity contribution in [3.63, 3.8) is 0 Å². The molecule has 1 aliphatic heterocycles. The molecule has 1 saturated heterocycles. The Balaban J connectivity index is 1.74. The summed E-state index contributed by atoms with van der Waals surface area (Å²) in [7, 11) is 1.46. The predicted molar refractivity (Wildman–Crippen MR) is 87.6 cm³/mol. The van der Waals surface area contributed by atoms with Crippen LogP contribution in [0, 0.1) is 0 Å². The Morgan fingerprint density at radius 2 is 2.00 bits per heavy atom. The van der Waals surface area contributed by atoms with E-state index in [1.165, 1.54) is 25.3 Å². The first kappa shape index (κ1) is 17.1. The normalized spacial score (nSPS) is 14.9. The van der Waals surface area contributed by atoms with Crippen molar-refractivity contribution in [1.29, 1.82) is 0 Å². The number of carbonyl (C=O) groups excluding carboxylic acids is 2. The van der Waals surface area contributed by atoms with E-state index >= 15 is 0 Å². The van der Waals surface area contributed by atoms with Crippen LogP contribution in [0.25, 0.3) is 6.08 Å². The fraction of sp³-hybridized carbons (Fsp3) is 0.118. The van der Waals surface area contributed by atoms with E-state index in [1.807, 2.05) is 0 Å². The van der Waals surface area contributed by atoms with Crippen LogP contribution in [0.5, 0.6) is 11.5 Å². The third-order valence-corrected chi connectivity index (χ3v) is 3.46. The average Bonchev–Trinajstić information content (AvgIpc) is 3.20. The van der Waals surface area contributed by atoms with Crippen molar-refractivity contribution in [1.82, 2.24) is 10.6 Å². The molecule has 0 unspecified atom stereocenters. The minimum Gasteiger partial charge on any atom is -0.493 e. The number of benzene rings is 1. The summed E-state index contributed by atoms with van der Waals surface area (Å²) in [6.07, 6.45) is 1.50. The minimum absolute atomic E-state index is 0.0164. The third kappa shape index (κ3) is 3.66. The van der Waals surface area contributed by atoms with Gasteiger partial charge < -0.3 is 24.3 Å². The Morgan fingerprint density at radius 3 is 2.62 bits per heavy atom. The molecule has 2 heterocycles. The molecule has 0 radical (unpaired) electrons. The third-order valence-electron chi connectivity index (χ3n) is 3.46. The van der Waals surface area contributed by atoms with Gasteiger partial charge in [0.25, 0.3) is 5.91 Å². The van der Waals surface area contributed by atoms with Gasteiger partial charge in [0, 0.05) is 0 Å². The minimum atomic E-state index is -1.16. The highest BCUT2D eigenvalue weighted by Gasteiger charge is 2.22. The fourth-order valence-electron chi connectivity index (χ4n) is 2.26. The van der Waals surface area contributed by atoms with Gasteiger partial charge in [0.2, 0.25) is 5.76 Å². The van der Waals surface area contributed by atoms with E-state index in [9.17, 15) is 14.4 Å². The van der Waals surface area contributed by atoms with Gasteiger partial charge >= 0.3 is 12.0 Å². The molecule has 3 amide bonds. The van der Waals surface area contributed by atoms with Crippen LogP contribution in [0.3, 0.4) is 0 Å². The molecule has 1 fully saturated rings. The predicted octanol–water partition coefficient (Wildman–Crippen LogP) is 1.75. The summed E-state index contributed by atoms with van der Waals surface area (Å²) >= 11 is 0. The standard InChI is InChI=1S/C17H14N2O7/c1-24-14-7-9(6-11-15(20)19-17(23)18-11)2-4-12(14)25-8-10-3-5-13(26-10)16(21)22/h2-7H,8H2,1H3,(H,21,22)(H2,18,19,20,23)/b11-6+. The SMILES string of the molecule is COc1cc(/C=C2/NC(=O)NC2=O)ccc1OCc1ccc(C(=O)O)o1. The van der Waals surface area contributed by atoms with Gasteiger partial charge in [-0.15, -0.1) is 0 Å². The molecule has 3 rings (SSSR count). The van der Waals surface area contributed by atoms with Crippen LogP contribution in [0.1, 0.15) is 21.9 Å². The van der Waals surface area contributed by atoms with Crippen LogP contribution in [-0.4, -0.2) is 30.1 Å². The van der Waals surface area contributed by atoms with Gasteiger partial charge in [-0.3, -0.25) is 10.1 Å². The van der Waals surface area contributed by atoms with Crippen molar-refractivity contribution >= 4 is 24.0 Å². The number of hydrogen-bond donors (Lipinski definition) is 3. The number of rotatable bonds is 6. The lowest BCUT2D eigenvalue weighted by Gasteiger charge is -2.10. The van der Waals surface area contributed by atoms with Crippen molar-refractivity contribution < 1.29 is 33.4 Å². The van der Waals surface area contributed by atoms with Gasteiger partial charge in [-0.25, -0.2) is 9.59 Å². The van der Waals surface area contributed by atoms with Crippen LogP contribution in [-0.2, 0) is 11.4 Å². The molecule has 1 aromatic heterocycles. The molecule has 1 aliphatic rings. The first-order chi connectivity index (χ1) is 12.5. The first-order valence-corrected chi connectivity index (χ1v) is 7.43. The second-order valence-corrected chi connectivity index (χ2v) is 5.24. The number of methoxy groups -OCH3 is 1. The van der Waals surface area contributed by atoms with E-state index in [1.54, 1.807) is 18.2 Å². The number of carbonyl (C=O) groups is 3. The lowest BCUT2D eigenvalue weighted by atomic mass is 10.1. The monoisotopic (exact) mass is 358 g/mol. The second kappa shape index (κ2) is 7.01. The summed E-state index contributed by atoms with van der Waals surface area (Å²) in [6.45, 7) is 0.0164. The highest BCUT2D eigenvalue weighted by atomic mass is 16.5. The number of carboxylic acids is 1. The van der Waals surface area contributed by atoms with Crippen molar-refractivity contribution in [2.75, 3.05) is 7.11 Å². The first-order valence-electron chi connectivity index (χ1n) is 7.43. The second-order valence-electron chi connectivity index (χ2n) is 5.24. The summed E-state index contributed by atoms with van der Waals surface area (Å²) < 4.78 is 16.0. The number of imide groups is 1. The topological polar surface area (TPSA) is 127 Å². The zero-order chi connectivity index (χ0) is 18.7. The van der Waals surface area contributed by atoms with Gasteiger partial charge in [0.05, 0.1) is 7.11 Å². The molecule has 134 valence electrons. The van der Waals surface area contributed by atoms with Crippen LogP contribution in [0.15, 0.2) is 40.4 Å². The lowest BCUT2D eigenvalue weighted by Crippen LogP contribution is -2.22. The Bertz CT molecular complexity index is 914. The average molecular weight is 358 g/mol. The van der Waals surface area contributed by atoms with Crippen molar-refractivity contribution in [3.8, 4) is 11.5 Å². The fourth-order valence-corrected chi connectivity index (χ4v) is 2.26. The van der Waals surface area contributed by atoms with Gasteiger partial charge in [0.1, 0.15) is 18.1 Å². The van der Waals surface area contributed by atoms with Crippen molar-refractivity contribution in [2.45, 2.75) is 6.61 Å². The molecular weight excluding hydrogens is 344 g/mol. The van der Waals surface area contributed by atoms with Crippen LogP contribution >= 0.6 is 0 Å². The number of furan rings is 1. The molecule has 9 heteroatoms. The Kier molecular flexibility index (Phi) is 4.61. The number of amides is 3. The molecule has 2 aromatic rings. The van der Waals surface area contributed by atoms with E-state index in [-0.39, 0.29) is 18.1 Å². The number of aromatic carboxylic acids is 1. The van der Waals surface area contributed by atoms with Crippen LogP contribution in [0.2, 0.25) is 0 Å². The summed E-state index contributed by atoms with van der Waals surface area (Å²) in [5.74, 6) is -0.692. The van der Waals surface area contributed by atoms with Gasteiger partial charge in [-0.05, 0) is 35.9 Å². The quantitative estimate of drug-likeness (QED) is 0.530. The number of nitrogens with one attached hydrogen (secondary N) is 2. The van der Waals surface area contributed by atoms with Crippen LogP contribution < -0.4 is 20.1 Å². The lowest BCUT2D eigenvalue weighted by molar-refractivity contribution is -0.115. The van der Waals surface area contributed by atoms with Gasteiger partial charge in [-0.1, -0.05) is 6.07 Å². The zero-order valence-corrected chi connectivity index (χ0v) is 13.6. The molecule has 3 N–H and O–H groups in total. The Labute approximate surface area is 147 Å². The maximum atomic E-state index is 11.5. The summed E-state index contributed by atoms with van der Waals surface area (Å²) in [5, 5.41) is 13.3. The molecule has 26 heavy (non-hydrogen) atoms. The molecule has 0 spiro atoms. The summed E-state index contributed by atoms with van der Waals surface area (Å²) in [5.41, 5.74) is 0.746. The largest absolute Gasteiger partial charge is 0.493 e. The van der Waals surface area contributed by atoms with Crippen molar-refractivity contribution in [2.24, 2.45) is 0 Å². The van der Waals surface area contributed by atoms with Crippen LogP contribution in [0.4, 0.5) is 4.79 Å². The number of hydrogen-bond acceptors (Lipinski definition) is 6. The van der Waals surface area contributed by atoms with E-state index in [0.29, 0.717) is 22.8 Å². The Hall–Kier alpha value is -3.75. The molecule has 1 aromatic carbocycles. The molecule has 0 bridgehead atoms. The highest BCUT2D eigenvalue weighted by molar-refractivity contribution is 6.14. The summed E-state index contributed by atoms with van der Waals surface area (Å²) in [6, 6.07) is 7.21. The van der Waals surface area contributed by atoms with Gasteiger partial charge in [-0.2, -0.15) is 0 Å². The maximum Gasteiger partial charge on any atom is 0.371 e. The maximum absolute atomic E-state index is 11.5. The van der Waals surface area contributed by atoms with E-state index in [4.69, 9.17) is 19.0 Å². The summed E-state index contributed by atoms with van der Waals surface area (Å²) in [4.78, 5) is 33.5. The highest BCUT2D eigenvalue weighted by Crippen LogP contribution is 2.30. The van der Waals surface area contributed by atoms with E-state index in [0.717, 1.165) is 0 Å². The number of urea groups is 1. The molecule has 9 nitrogen and oxygen atoms in total. The Morgan fingerprint density at radius 1 is 1.19 bits per heavy atom. The van der Waals surface area contributed by atoms with E-state index < -0.39 is 17.9 Å². The van der Waals surface area contributed by atoms with E-state index in [2.05, 4.69) is 10.6 Å².